The SMILES string of the molecule is CC(C)CCNc1ccc(C(=O)O)c(Br)c1F. The zero-order valence-corrected chi connectivity index (χ0v) is 11.3. The number of aromatic carboxylic acids is 1. The zero-order chi connectivity index (χ0) is 13.0. The van der Waals surface area contributed by atoms with Crippen LogP contribution in [-0.4, -0.2) is 17.6 Å². The second kappa shape index (κ2) is 6.00. The topological polar surface area (TPSA) is 49.3 Å². The molecule has 0 aliphatic carbocycles. The van der Waals surface area contributed by atoms with Crippen LogP contribution in [0.15, 0.2) is 16.6 Å². The second-order valence-corrected chi connectivity index (χ2v) is 5.00. The van der Waals surface area contributed by atoms with Gasteiger partial charge in [-0.1, -0.05) is 13.8 Å². The molecule has 0 fully saturated rings. The van der Waals surface area contributed by atoms with Gasteiger partial charge in [0.15, 0.2) is 5.82 Å². The normalized spacial score (nSPS) is 10.6. The lowest BCUT2D eigenvalue weighted by Crippen LogP contribution is -2.08. The van der Waals surface area contributed by atoms with Gasteiger partial charge in [0.1, 0.15) is 0 Å². The number of benzene rings is 1. The smallest absolute Gasteiger partial charge is 0.336 e. The van der Waals surface area contributed by atoms with Crippen LogP contribution in [0.5, 0.6) is 0 Å². The highest BCUT2D eigenvalue weighted by atomic mass is 79.9. The van der Waals surface area contributed by atoms with Crippen molar-refractivity contribution in [2.75, 3.05) is 11.9 Å². The van der Waals surface area contributed by atoms with Crippen LogP contribution < -0.4 is 5.32 Å². The highest BCUT2D eigenvalue weighted by molar-refractivity contribution is 9.10. The summed E-state index contributed by atoms with van der Waals surface area (Å²) in [6.07, 6.45) is 0.928. The van der Waals surface area contributed by atoms with E-state index in [-0.39, 0.29) is 10.0 Å². The van der Waals surface area contributed by atoms with Crippen molar-refractivity contribution in [1.82, 2.24) is 0 Å². The first-order valence-corrected chi connectivity index (χ1v) is 6.18. The molecule has 2 N–H and O–H groups in total. The fraction of sp³-hybridized carbons (Fsp3) is 0.417. The Labute approximate surface area is 108 Å². The fourth-order valence-corrected chi connectivity index (χ4v) is 1.86. The molecule has 0 radical (unpaired) electrons. The minimum atomic E-state index is -1.15. The van der Waals surface area contributed by atoms with Crippen LogP contribution in [0, 0.1) is 11.7 Å². The summed E-state index contributed by atoms with van der Waals surface area (Å²) in [5, 5.41) is 11.8. The van der Waals surface area contributed by atoms with Gasteiger partial charge in [-0.2, -0.15) is 0 Å². The van der Waals surface area contributed by atoms with Gasteiger partial charge in [-0.25, -0.2) is 9.18 Å². The third kappa shape index (κ3) is 3.70. The molecule has 0 aromatic heterocycles. The predicted molar refractivity (Wildman–Crippen MR) is 69.0 cm³/mol. The molecule has 1 aromatic rings. The largest absolute Gasteiger partial charge is 0.478 e. The Hall–Kier alpha value is -1.10. The molecule has 0 heterocycles. The molecular weight excluding hydrogens is 289 g/mol. The molecule has 0 unspecified atom stereocenters. The van der Waals surface area contributed by atoms with Crippen LogP contribution in [0.1, 0.15) is 30.6 Å². The van der Waals surface area contributed by atoms with E-state index in [1.165, 1.54) is 12.1 Å². The van der Waals surface area contributed by atoms with Crippen molar-refractivity contribution in [2.24, 2.45) is 5.92 Å². The van der Waals surface area contributed by atoms with E-state index < -0.39 is 11.8 Å². The van der Waals surface area contributed by atoms with Gasteiger partial charge >= 0.3 is 5.97 Å². The molecule has 3 nitrogen and oxygen atoms in total. The predicted octanol–water partition coefficient (Wildman–Crippen LogP) is 3.74. The Morgan fingerprint density at radius 2 is 2.18 bits per heavy atom. The van der Waals surface area contributed by atoms with Gasteiger partial charge in [0.05, 0.1) is 15.7 Å². The highest BCUT2D eigenvalue weighted by Gasteiger charge is 2.15. The van der Waals surface area contributed by atoms with Crippen molar-refractivity contribution < 1.29 is 14.3 Å². The van der Waals surface area contributed by atoms with Crippen LogP contribution in [0.25, 0.3) is 0 Å². The Balaban J connectivity index is 2.82. The number of hydrogen-bond donors (Lipinski definition) is 2. The number of rotatable bonds is 5. The van der Waals surface area contributed by atoms with E-state index in [2.05, 4.69) is 35.1 Å². The molecule has 0 saturated carbocycles. The molecule has 94 valence electrons. The molecule has 0 spiro atoms. The van der Waals surface area contributed by atoms with Gasteiger partial charge in [-0.05, 0) is 40.4 Å². The summed E-state index contributed by atoms with van der Waals surface area (Å²) in [5.74, 6) is -1.18. The van der Waals surface area contributed by atoms with Crippen LogP contribution in [0.3, 0.4) is 0 Å². The Morgan fingerprint density at radius 1 is 1.53 bits per heavy atom. The first kappa shape index (κ1) is 14.0. The molecule has 0 aliphatic heterocycles. The van der Waals surface area contributed by atoms with E-state index in [1.807, 2.05) is 0 Å². The van der Waals surface area contributed by atoms with E-state index >= 15 is 0 Å². The maximum atomic E-state index is 13.8. The van der Waals surface area contributed by atoms with Crippen molar-refractivity contribution in [1.29, 1.82) is 0 Å². The summed E-state index contributed by atoms with van der Waals surface area (Å²) >= 11 is 2.96. The standard InChI is InChI=1S/C12H15BrFNO2/c1-7(2)5-6-15-9-4-3-8(12(16)17)10(13)11(9)14/h3-4,7,15H,5-6H2,1-2H3,(H,16,17). The average Bonchev–Trinajstić information content (AvgIpc) is 2.23. The molecule has 0 atom stereocenters. The fourth-order valence-electron chi connectivity index (χ4n) is 1.35. The minimum Gasteiger partial charge on any atom is -0.478 e. The monoisotopic (exact) mass is 303 g/mol. The van der Waals surface area contributed by atoms with Crippen LogP contribution >= 0.6 is 15.9 Å². The third-order valence-electron chi connectivity index (χ3n) is 2.35. The van der Waals surface area contributed by atoms with Gasteiger partial charge in [0, 0.05) is 6.54 Å². The summed E-state index contributed by atoms with van der Waals surface area (Å²) in [5.41, 5.74) is 0.249. The first-order chi connectivity index (χ1) is 7.93. The number of halogens is 2. The molecule has 0 bridgehead atoms. The average molecular weight is 304 g/mol. The lowest BCUT2D eigenvalue weighted by molar-refractivity contribution is 0.0695. The first-order valence-electron chi connectivity index (χ1n) is 5.38. The maximum Gasteiger partial charge on any atom is 0.336 e. The summed E-state index contributed by atoms with van der Waals surface area (Å²) in [6, 6.07) is 2.83. The summed E-state index contributed by atoms with van der Waals surface area (Å²) in [4.78, 5) is 10.8. The van der Waals surface area contributed by atoms with Crippen LogP contribution in [0.4, 0.5) is 10.1 Å². The van der Waals surface area contributed by atoms with Gasteiger partial charge in [-0.3, -0.25) is 0 Å². The molecular formula is C12H15BrFNO2. The Morgan fingerprint density at radius 3 is 2.71 bits per heavy atom. The van der Waals surface area contributed by atoms with Gasteiger partial charge in [-0.15, -0.1) is 0 Å². The molecule has 17 heavy (non-hydrogen) atoms. The van der Waals surface area contributed by atoms with Gasteiger partial charge < -0.3 is 10.4 Å². The van der Waals surface area contributed by atoms with Crippen molar-refractivity contribution in [3.63, 3.8) is 0 Å². The zero-order valence-electron chi connectivity index (χ0n) is 9.76. The molecule has 0 saturated heterocycles. The number of anilines is 1. The van der Waals surface area contributed by atoms with E-state index in [9.17, 15) is 9.18 Å². The number of carboxylic acids is 1. The van der Waals surface area contributed by atoms with Crippen molar-refractivity contribution in [3.8, 4) is 0 Å². The van der Waals surface area contributed by atoms with Crippen molar-refractivity contribution in [2.45, 2.75) is 20.3 Å². The van der Waals surface area contributed by atoms with Crippen LogP contribution in [-0.2, 0) is 0 Å². The maximum absolute atomic E-state index is 13.8. The third-order valence-corrected chi connectivity index (χ3v) is 3.13. The molecule has 1 aromatic carbocycles. The molecule has 1 rings (SSSR count). The Bertz CT molecular complexity index is 421. The van der Waals surface area contributed by atoms with E-state index in [1.54, 1.807) is 0 Å². The highest BCUT2D eigenvalue weighted by Crippen LogP contribution is 2.27. The summed E-state index contributed by atoms with van der Waals surface area (Å²) in [7, 11) is 0. The van der Waals surface area contributed by atoms with Gasteiger partial charge in [0.25, 0.3) is 0 Å². The second-order valence-electron chi connectivity index (χ2n) is 4.20. The number of hydrogen-bond acceptors (Lipinski definition) is 2. The van der Waals surface area contributed by atoms with E-state index in [0.717, 1.165) is 6.42 Å². The van der Waals surface area contributed by atoms with E-state index in [0.29, 0.717) is 18.2 Å². The van der Waals surface area contributed by atoms with Crippen molar-refractivity contribution >= 4 is 27.6 Å². The number of carbonyl (C=O) groups is 1. The van der Waals surface area contributed by atoms with E-state index in [4.69, 9.17) is 5.11 Å². The van der Waals surface area contributed by atoms with Crippen LogP contribution in [0.2, 0.25) is 0 Å². The lowest BCUT2D eigenvalue weighted by Gasteiger charge is -2.11. The molecule has 5 heteroatoms. The minimum absolute atomic E-state index is 0.0143. The summed E-state index contributed by atoms with van der Waals surface area (Å²) in [6.45, 7) is 4.83. The lowest BCUT2D eigenvalue weighted by atomic mass is 10.1. The quantitative estimate of drug-likeness (QED) is 0.871. The Kier molecular flexibility index (Phi) is 4.93. The number of nitrogens with one attached hydrogen (secondary N) is 1. The summed E-state index contributed by atoms with van der Waals surface area (Å²) < 4.78 is 13.8. The molecule has 0 amide bonds. The van der Waals surface area contributed by atoms with Crippen molar-refractivity contribution in [3.05, 3.63) is 28.0 Å². The molecule has 0 aliphatic rings. The van der Waals surface area contributed by atoms with Gasteiger partial charge in [0.2, 0.25) is 0 Å². The number of carboxylic acid groups (broad SMARTS) is 1.